The second-order valence-corrected chi connectivity index (χ2v) is 6.30. The molecule has 2 heterocycles. The Hall–Kier alpha value is -1.24. The third kappa shape index (κ3) is 3.56. The second kappa shape index (κ2) is 7.35. The first-order valence-corrected chi connectivity index (χ1v) is 8.41. The third-order valence-corrected chi connectivity index (χ3v) is 4.64. The molecule has 1 aromatic heterocycles. The van der Waals surface area contributed by atoms with E-state index in [1.807, 2.05) is 0 Å². The molecule has 1 aromatic rings. The van der Waals surface area contributed by atoms with Crippen molar-refractivity contribution in [2.75, 3.05) is 31.6 Å². The fourth-order valence-electron chi connectivity index (χ4n) is 3.36. The Morgan fingerprint density at radius 1 is 1.18 bits per heavy atom. The van der Waals surface area contributed by atoms with Crippen molar-refractivity contribution in [1.82, 2.24) is 15.3 Å². The molecular weight excluding hydrogens is 280 g/mol. The number of anilines is 1. The molecule has 4 N–H and O–H groups in total. The van der Waals surface area contributed by atoms with Crippen molar-refractivity contribution in [3.63, 3.8) is 0 Å². The first kappa shape index (κ1) is 15.6. The molecule has 1 aliphatic heterocycles. The Morgan fingerprint density at radius 3 is 2.73 bits per heavy atom. The predicted octanol–water partition coefficient (Wildman–Crippen LogP) is 0.587. The van der Waals surface area contributed by atoms with Crippen LogP contribution in [0.1, 0.15) is 48.7 Å². The van der Waals surface area contributed by atoms with Crippen LogP contribution in [0.3, 0.4) is 0 Å². The summed E-state index contributed by atoms with van der Waals surface area (Å²) >= 11 is 0. The minimum absolute atomic E-state index is 0.239. The quantitative estimate of drug-likeness (QED) is 0.636. The van der Waals surface area contributed by atoms with Crippen molar-refractivity contribution in [2.24, 2.45) is 0 Å². The number of hydrogen-bond acceptors (Lipinski definition) is 6. The van der Waals surface area contributed by atoms with E-state index < -0.39 is 6.10 Å². The fourth-order valence-corrected chi connectivity index (χ4v) is 3.36. The summed E-state index contributed by atoms with van der Waals surface area (Å²) in [6.07, 6.45) is 5.94. The van der Waals surface area contributed by atoms with Gasteiger partial charge in [-0.15, -0.1) is 0 Å². The average molecular weight is 306 g/mol. The van der Waals surface area contributed by atoms with Crippen LogP contribution in [0.15, 0.2) is 0 Å². The standard InChI is InChI=1S/C16H26N4O2/c21-10-12(22)9-18-16-13-5-7-17-8-6-14(13)19-15(20-16)11-3-1-2-4-11/h11-12,17,21-22H,1-10H2,(H,18,19,20). The molecule has 0 bridgehead atoms. The van der Waals surface area contributed by atoms with Crippen LogP contribution in [-0.4, -0.2) is 52.5 Å². The summed E-state index contributed by atoms with van der Waals surface area (Å²) in [5.41, 5.74) is 2.31. The van der Waals surface area contributed by atoms with Gasteiger partial charge in [0.15, 0.2) is 0 Å². The van der Waals surface area contributed by atoms with Gasteiger partial charge in [0, 0.05) is 31.0 Å². The van der Waals surface area contributed by atoms with E-state index in [9.17, 15) is 5.11 Å². The number of aromatic nitrogens is 2. The van der Waals surface area contributed by atoms with Gasteiger partial charge in [-0.05, 0) is 25.8 Å². The van der Waals surface area contributed by atoms with E-state index in [1.54, 1.807) is 0 Å². The largest absolute Gasteiger partial charge is 0.394 e. The van der Waals surface area contributed by atoms with Crippen LogP contribution in [0.25, 0.3) is 0 Å². The lowest BCUT2D eigenvalue weighted by Crippen LogP contribution is -2.25. The third-order valence-electron chi connectivity index (χ3n) is 4.64. The maximum Gasteiger partial charge on any atom is 0.134 e. The predicted molar refractivity (Wildman–Crippen MR) is 85.1 cm³/mol. The van der Waals surface area contributed by atoms with Gasteiger partial charge in [-0.1, -0.05) is 12.8 Å². The highest BCUT2D eigenvalue weighted by Gasteiger charge is 2.24. The summed E-state index contributed by atoms with van der Waals surface area (Å²) in [7, 11) is 0. The zero-order valence-corrected chi connectivity index (χ0v) is 13.0. The molecule has 1 saturated carbocycles. The Kier molecular flexibility index (Phi) is 5.23. The SMILES string of the molecule is OCC(O)CNc1nc(C2CCCC2)nc2c1CCNCC2. The van der Waals surface area contributed by atoms with E-state index >= 15 is 0 Å². The van der Waals surface area contributed by atoms with Crippen LogP contribution in [0.4, 0.5) is 5.82 Å². The summed E-state index contributed by atoms with van der Waals surface area (Å²) in [6, 6.07) is 0. The Bertz CT molecular complexity index is 503. The van der Waals surface area contributed by atoms with Gasteiger partial charge in [0.1, 0.15) is 11.6 Å². The van der Waals surface area contributed by atoms with Crippen molar-refractivity contribution >= 4 is 5.82 Å². The molecule has 1 atom stereocenters. The topological polar surface area (TPSA) is 90.3 Å². The Labute approximate surface area is 131 Å². The normalized spacial score (nSPS) is 20.5. The van der Waals surface area contributed by atoms with Gasteiger partial charge in [-0.25, -0.2) is 9.97 Å². The number of rotatable bonds is 5. The number of fused-ring (bicyclic) bond motifs is 1. The number of nitrogens with one attached hydrogen (secondary N) is 2. The number of aliphatic hydroxyl groups excluding tert-OH is 2. The van der Waals surface area contributed by atoms with Crippen molar-refractivity contribution in [1.29, 1.82) is 0 Å². The second-order valence-electron chi connectivity index (χ2n) is 6.30. The van der Waals surface area contributed by atoms with E-state index in [1.165, 1.54) is 25.7 Å². The van der Waals surface area contributed by atoms with Crippen molar-refractivity contribution in [3.05, 3.63) is 17.1 Å². The van der Waals surface area contributed by atoms with Crippen molar-refractivity contribution in [3.8, 4) is 0 Å². The molecule has 2 aliphatic rings. The molecule has 0 spiro atoms. The van der Waals surface area contributed by atoms with Gasteiger partial charge in [-0.3, -0.25) is 0 Å². The van der Waals surface area contributed by atoms with Crippen LogP contribution in [0.5, 0.6) is 0 Å². The molecule has 22 heavy (non-hydrogen) atoms. The Morgan fingerprint density at radius 2 is 1.95 bits per heavy atom. The van der Waals surface area contributed by atoms with Crippen LogP contribution in [0, 0.1) is 0 Å². The van der Waals surface area contributed by atoms with Crippen molar-refractivity contribution in [2.45, 2.75) is 50.5 Å². The van der Waals surface area contributed by atoms with Crippen molar-refractivity contribution < 1.29 is 10.2 Å². The molecule has 3 rings (SSSR count). The monoisotopic (exact) mass is 306 g/mol. The molecule has 6 nitrogen and oxygen atoms in total. The summed E-state index contributed by atoms with van der Waals surface area (Å²) < 4.78 is 0. The van der Waals surface area contributed by atoms with Crippen LogP contribution in [0.2, 0.25) is 0 Å². The van der Waals surface area contributed by atoms with E-state index in [2.05, 4.69) is 10.6 Å². The molecule has 1 aliphatic carbocycles. The molecule has 0 saturated heterocycles. The highest BCUT2D eigenvalue weighted by molar-refractivity contribution is 5.48. The van der Waals surface area contributed by atoms with Crippen LogP contribution in [-0.2, 0) is 12.8 Å². The highest BCUT2D eigenvalue weighted by atomic mass is 16.3. The smallest absolute Gasteiger partial charge is 0.134 e. The van der Waals surface area contributed by atoms with Crippen LogP contribution >= 0.6 is 0 Å². The molecule has 122 valence electrons. The number of hydrogen-bond donors (Lipinski definition) is 4. The zero-order valence-electron chi connectivity index (χ0n) is 13.0. The molecule has 0 amide bonds. The zero-order chi connectivity index (χ0) is 15.4. The lowest BCUT2D eigenvalue weighted by Gasteiger charge is -2.18. The van der Waals surface area contributed by atoms with Gasteiger partial charge in [0.2, 0.25) is 0 Å². The average Bonchev–Trinajstić information content (AvgIpc) is 2.97. The first-order chi connectivity index (χ1) is 10.8. The van der Waals surface area contributed by atoms with E-state index in [0.717, 1.165) is 48.8 Å². The summed E-state index contributed by atoms with van der Waals surface area (Å²) in [5.74, 6) is 2.28. The molecular formula is C16H26N4O2. The fraction of sp³-hybridized carbons (Fsp3) is 0.750. The summed E-state index contributed by atoms with van der Waals surface area (Å²) in [6.45, 7) is 1.96. The van der Waals surface area contributed by atoms with Crippen LogP contribution < -0.4 is 10.6 Å². The molecule has 0 radical (unpaired) electrons. The minimum atomic E-state index is -0.760. The molecule has 0 aromatic carbocycles. The van der Waals surface area contributed by atoms with Gasteiger partial charge < -0.3 is 20.8 Å². The molecule has 1 unspecified atom stereocenters. The van der Waals surface area contributed by atoms with Gasteiger partial charge in [-0.2, -0.15) is 0 Å². The molecule has 6 heteroatoms. The van der Waals surface area contributed by atoms with E-state index in [0.29, 0.717) is 12.5 Å². The maximum atomic E-state index is 9.59. The van der Waals surface area contributed by atoms with Gasteiger partial charge >= 0.3 is 0 Å². The van der Waals surface area contributed by atoms with E-state index in [4.69, 9.17) is 15.1 Å². The lowest BCUT2D eigenvalue weighted by atomic mass is 10.0. The molecule has 1 fully saturated rings. The first-order valence-electron chi connectivity index (χ1n) is 8.41. The lowest BCUT2D eigenvalue weighted by molar-refractivity contribution is 0.105. The highest BCUT2D eigenvalue weighted by Crippen LogP contribution is 2.33. The minimum Gasteiger partial charge on any atom is -0.394 e. The van der Waals surface area contributed by atoms with Gasteiger partial charge in [0.25, 0.3) is 0 Å². The number of aliphatic hydroxyl groups is 2. The Balaban J connectivity index is 1.88. The summed E-state index contributed by atoms with van der Waals surface area (Å²) in [4.78, 5) is 9.63. The van der Waals surface area contributed by atoms with Gasteiger partial charge in [0.05, 0.1) is 18.4 Å². The number of nitrogens with zero attached hydrogens (tertiary/aromatic N) is 2. The summed E-state index contributed by atoms with van der Waals surface area (Å²) in [5, 5.41) is 25.2. The van der Waals surface area contributed by atoms with E-state index in [-0.39, 0.29) is 6.61 Å². The maximum absolute atomic E-state index is 9.59.